The van der Waals surface area contributed by atoms with Gasteiger partial charge in [0, 0.05) is 5.02 Å². The van der Waals surface area contributed by atoms with Crippen molar-refractivity contribution >= 4 is 21.4 Å². The minimum atomic E-state index is -3.43. The zero-order valence-corrected chi connectivity index (χ0v) is 13.6. The molecule has 0 fully saturated rings. The number of hydrogen-bond acceptors (Lipinski definition) is 5. The van der Waals surface area contributed by atoms with Gasteiger partial charge in [0.1, 0.15) is 5.75 Å². The Morgan fingerprint density at radius 1 is 1.00 bits per heavy atom. The van der Waals surface area contributed by atoms with E-state index in [1.54, 1.807) is 24.3 Å². The van der Waals surface area contributed by atoms with Crippen molar-refractivity contribution in [1.82, 2.24) is 20.2 Å². The number of benzene rings is 2. The number of halogens is 1. The minimum absolute atomic E-state index is 0.116. The molecule has 0 amide bonds. The van der Waals surface area contributed by atoms with Gasteiger partial charge in [-0.3, -0.25) is 0 Å². The molecule has 3 rings (SSSR count). The highest BCUT2D eigenvalue weighted by atomic mass is 35.5. The van der Waals surface area contributed by atoms with E-state index >= 15 is 0 Å². The molecule has 0 saturated heterocycles. The van der Waals surface area contributed by atoms with Crippen molar-refractivity contribution in [3.05, 3.63) is 71.0 Å². The zero-order valence-electron chi connectivity index (χ0n) is 12.0. The van der Waals surface area contributed by atoms with Crippen LogP contribution in [0, 0.1) is 0 Å². The molecule has 0 radical (unpaired) electrons. The van der Waals surface area contributed by atoms with E-state index in [9.17, 15) is 8.42 Å². The molecular formula is C15H13ClN4O2S. The van der Waals surface area contributed by atoms with Gasteiger partial charge in [-0.25, -0.2) is 8.42 Å². The van der Waals surface area contributed by atoms with Crippen molar-refractivity contribution in [3.8, 4) is 5.69 Å². The molecule has 0 aliphatic heterocycles. The quantitative estimate of drug-likeness (QED) is 0.707. The summed E-state index contributed by atoms with van der Waals surface area (Å²) in [6.07, 6.45) is 0. The summed E-state index contributed by atoms with van der Waals surface area (Å²) in [6, 6.07) is 15.9. The van der Waals surface area contributed by atoms with Crippen LogP contribution in [0.5, 0.6) is 0 Å². The standard InChI is InChI=1S/C15H13ClN4O2S/c16-13-6-4-5-12(9-13)10-23(21,22)11-15-17-18-19-20(15)14-7-2-1-3-8-14/h1-9H,10-11H2. The zero-order chi connectivity index (χ0) is 16.3. The monoisotopic (exact) mass is 348 g/mol. The molecule has 0 bridgehead atoms. The number of rotatable bonds is 5. The summed E-state index contributed by atoms with van der Waals surface area (Å²) in [6.45, 7) is 0. The van der Waals surface area contributed by atoms with E-state index < -0.39 is 9.84 Å². The Bertz CT molecular complexity index is 910. The van der Waals surface area contributed by atoms with E-state index in [-0.39, 0.29) is 17.3 Å². The summed E-state index contributed by atoms with van der Waals surface area (Å²) in [5.41, 5.74) is 1.35. The lowest BCUT2D eigenvalue weighted by Crippen LogP contribution is -2.12. The van der Waals surface area contributed by atoms with Crippen LogP contribution in [0.2, 0.25) is 5.02 Å². The van der Waals surface area contributed by atoms with Gasteiger partial charge in [-0.1, -0.05) is 41.9 Å². The van der Waals surface area contributed by atoms with E-state index in [1.165, 1.54) is 4.68 Å². The Morgan fingerprint density at radius 3 is 2.52 bits per heavy atom. The fourth-order valence-electron chi connectivity index (χ4n) is 2.19. The van der Waals surface area contributed by atoms with Crippen LogP contribution in [0.3, 0.4) is 0 Å². The predicted molar refractivity (Wildman–Crippen MR) is 86.9 cm³/mol. The van der Waals surface area contributed by atoms with E-state index in [0.29, 0.717) is 16.3 Å². The van der Waals surface area contributed by atoms with Crippen LogP contribution in [0.1, 0.15) is 11.4 Å². The Hall–Kier alpha value is -2.25. The van der Waals surface area contributed by atoms with Crippen molar-refractivity contribution in [1.29, 1.82) is 0 Å². The first-order valence-electron chi connectivity index (χ1n) is 6.81. The molecule has 3 aromatic rings. The highest BCUT2D eigenvalue weighted by molar-refractivity contribution is 7.89. The second-order valence-electron chi connectivity index (χ2n) is 5.00. The molecule has 2 aromatic carbocycles. The van der Waals surface area contributed by atoms with E-state index in [2.05, 4.69) is 15.5 Å². The molecule has 0 spiro atoms. The average Bonchev–Trinajstić information content (AvgIpc) is 2.95. The highest BCUT2D eigenvalue weighted by Crippen LogP contribution is 2.16. The molecule has 23 heavy (non-hydrogen) atoms. The molecule has 118 valence electrons. The summed E-state index contributed by atoms with van der Waals surface area (Å²) in [5, 5.41) is 11.8. The Labute approximate surface area is 138 Å². The van der Waals surface area contributed by atoms with Gasteiger partial charge in [0.25, 0.3) is 0 Å². The maximum Gasteiger partial charge on any atom is 0.171 e. The third kappa shape index (κ3) is 3.94. The van der Waals surface area contributed by atoms with Crippen molar-refractivity contribution in [2.24, 2.45) is 0 Å². The van der Waals surface area contributed by atoms with Crippen LogP contribution in [0.4, 0.5) is 0 Å². The Kier molecular flexibility index (Phi) is 4.40. The number of aromatic nitrogens is 4. The van der Waals surface area contributed by atoms with Gasteiger partial charge in [0.2, 0.25) is 0 Å². The van der Waals surface area contributed by atoms with Crippen LogP contribution in [0.15, 0.2) is 54.6 Å². The number of nitrogens with zero attached hydrogens (tertiary/aromatic N) is 4. The Balaban J connectivity index is 1.83. The lowest BCUT2D eigenvalue weighted by atomic mass is 10.2. The molecular weight excluding hydrogens is 336 g/mol. The number of para-hydroxylation sites is 1. The first-order chi connectivity index (χ1) is 11.0. The fourth-order valence-corrected chi connectivity index (χ4v) is 3.77. The predicted octanol–water partition coefficient (Wildman–Crippen LogP) is 2.43. The summed E-state index contributed by atoms with van der Waals surface area (Å²) in [7, 11) is -3.43. The van der Waals surface area contributed by atoms with Gasteiger partial charge in [-0.05, 0) is 40.3 Å². The van der Waals surface area contributed by atoms with Crippen molar-refractivity contribution < 1.29 is 8.42 Å². The number of sulfone groups is 1. The van der Waals surface area contributed by atoms with Crippen LogP contribution >= 0.6 is 11.6 Å². The SMILES string of the molecule is O=S(=O)(Cc1cccc(Cl)c1)Cc1nnnn1-c1ccccc1. The minimum Gasteiger partial charge on any atom is -0.228 e. The smallest absolute Gasteiger partial charge is 0.171 e. The maximum atomic E-state index is 12.4. The van der Waals surface area contributed by atoms with Gasteiger partial charge < -0.3 is 0 Å². The van der Waals surface area contributed by atoms with E-state index in [1.807, 2.05) is 30.3 Å². The second-order valence-corrected chi connectivity index (χ2v) is 7.51. The first-order valence-corrected chi connectivity index (χ1v) is 9.01. The lowest BCUT2D eigenvalue weighted by molar-refractivity contribution is 0.592. The van der Waals surface area contributed by atoms with Gasteiger partial charge in [-0.15, -0.1) is 5.10 Å². The van der Waals surface area contributed by atoms with Crippen LogP contribution in [-0.4, -0.2) is 28.6 Å². The maximum absolute atomic E-state index is 12.4. The molecule has 1 heterocycles. The molecule has 0 unspecified atom stereocenters. The molecule has 1 aromatic heterocycles. The van der Waals surface area contributed by atoms with E-state index in [0.717, 1.165) is 0 Å². The summed E-state index contributed by atoms with van der Waals surface area (Å²) in [4.78, 5) is 0. The van der Waals surface area contributed by atoms with E-state index in [4.69, 9.17) is 11.6 Å². The van der Waals surface area contributed by atoms with Crippen molar-refractivity contribution in [2.75, 3.05) is 0 Å². The highest BCUT2D eigenvalue weighted by Gasteiger charge is 2.19. The topological polar surface area (TPSA) is 77.7 Å². The second kappa shape index (κ2) is 6.47. The van der Waals surface area contributed by atoms with Gasteiger partial charge in [-0.2, -0.15) is 4.68 Å². The van der Waals surface area contributed by atoms with Gasteiger partial charge in [0.05, 0.1) is 11.4 Å². The largest absolute Gasteiger partial charge is 0.228 e. The third-order valence-corrected chi connectivity index (χ3v) is 4.87. The lowest BCUT2D eigenvalue weighted by Gasteiger charge is -2.06. The van der Waals surface area contributed by atoms with Crippen LogP contribution in [0.25, 0.3) is 5.69 Å². The molecule has 0 saturated carbocycles. The summed E-state index contributed by atoms with van der Waals surface area (Å²) >= 11 is 5.89. The first kappa shape index (κ1) is 15.6. The fraction of sp³-hybridized carbons (Fsp3) is 0.133. The number of hydrogen-bond donors (Lipinski definition) is 0. The van der Waals surface area contributed by atoms with Gasteiger partial charge in [0.15, 0.2) is 15.7 Å². The molecule has 0 N–H and O–H groups in total. The van der Waals surface area contributed by atoms with Crippen LogP contribution in [-0.2, 0) is 21.3 Å². The molecule has 0 aliphatic rings. The third-order valence-electron chi connectivity index (χ3n) is 3.16. The number of tetrazole rings is 1. The summed E-state index contributed by atoms with van der Waals surface area (Å²) < 4.78 is 26.2. The molecule has 0 atom stereocenters. The molecule has 0 aliphatic carbocycles. The van der Waals surface area contributed by atoms with Crippen molar-refractivity contribution in [3.63, 3.8) is 0 Å². The van der Waals surface area contributed by atoms with Crippen LogP contribution < -0.4 is 0 Å². The van der Waals surface area contributed by atoms with Gasteiger partial charge >= 0.3 is 0 Å². The Morgan fingerprint density at radius 2 is 1.78 bits per heavy atom. The molecule has 6 nitrogen and oxygen atoms in total. The normalized spacial score (nSPS) is 11.5. The average molecular weight is 349 g/mol. The van der Waals surface area contributed by atoms with Crippen molar-refractivity contribution in [2.45, 2.75) is 11.5 Å². The summed E-state index contributed by atoms with van der Waals surface area (Å²) in [5.74, 6) is -0.0883. The molecule has 8 heteroatoms.